The molecule has 0 radical (unpaired) electrons. The average Bonchev–Trinajstić information content (AvgIpc) is 2.27. The predicted octanol–water partition coefficient (Wildman–Crippen LogP) is 3.26. The van der Waals surface area contributed by atoms with Gasteiger partial charge >= 0.3 is 0 Å². The molecule has 0 unspecified atom stereocenters. The normalized spacial score (nSPS) is 10.1. The number of aromatic hydroxyl groups is 1. The first-order valence-corrected chi connectivity index (χ1v) is 5.73. The zero-order valence-electron chi connectivity index (χ0n) is 10.4. The summed E-state index contributed by atoms with van der Waals surface area (Å²) in [5.41, 5.74) is 3.14. The number of carbonyl (C=O) groups excluding carboxylic acids is 1. The lowest BCUT2D eigenvalue weighted by molar-refractivity contribution is 0.102. The summed E-state index contributed by atoms with van der Waals surface area (Å²) in [6.45, 7) is 3.80. The minimum absolute atomic E-state index is 0.148. The van der Waals surface area contributed by atoms with E-state index >= 15 is 0 Å². The van der Waals surface area contributed by atoms with Gasteiger partial charge < -0.3 is 10.4 Å². The van der Waals surface area contributed by atoms with Crippen LogP contribution < -0.4 is 5.32 Å². The van der Waals surface area contributed by atoms with Crippen LogP contribution in [0.1, 0.15) is 21.5 Å². The van der Waals surface area contributed by atoms with Crippen molar-refractivity contribution in [3.05, 3.63) is 59.2 Å². The highest BCUT2D eigenvalue weighted by molar-refractivity contribution is 6.04. The van der Waals surface area contributed by atoms with Gasteiger partial charge in [0.25, 0.3) is 5.91 Å². The van der Waals surface area contributed by atoms with E-state index in [-0.39, 0.29) is 11.7 Å². The van der Waals surface area contributed by atoms with E-state index in [1.165, 1.54) is 6.07 Å². The molecule has 0 aliphatic heterocycles. The Labute approximate surface area is 106 Å². The van der Waals surface area contributed by atoms with Crippen molar-refractivity contribution >= 4 is 11.6 Å². The summed E-state index contributed by atoms with van der Waals surface area (Å²) in [5.74, 6) is -0.0294. The first kappa shape index (κ1) is 12.2. The predicted molar refractivity (Wildman–Crippen MR) is 72.0 cm³/mol. The van der Waals surface area contributed by atoms with Gasteiger partial charge in [0.15, 0.2) is 0 Å². The minimum atomic E-state index is -0.177. The van der Waals surface area contributed by atoms with Crippen molar-refractivity contribution in [1.82, 2.24) is 0 Å². The number of rotatable bonds is 2. The standard InChI is InChI=1S/C15H15NO2/c1-10-4-3-5-12(6-10)15(18)16-13-7-11(2)8-14(17)9-13/h3-9,17H,1-2H3,(H,16,18). The summed E-state index contributed by atoms with van der Waals surface area (Å²) in [6.07, 6.45) is 0. The highest BCUT2D eigenvalue weighted by atomic mass is 16.3. The van der Waals surface area contributed by atoms with E-state index in [0.29, 0.717) is 11.3 Å². The molecule has 0 atom stereocenters. The third-order valence-corrected chi connectivity index (χ3v) is 2.60. The number of amides is 1. The van der Waals surface area contributed by atoms with Crippen LogP contribution in [0, 0.1) is 13.8 Å². The molecule has 0 aliphatic rings. The van der Waals surface area contributed by atoms with Gasteiger partial charge in [-0.1, -0.05) is 17.7 Å². The van der Waals surface area contributed by atoms with E-state index in [2.05, 4.69) is 5.32 Å². The molecule has 2 aromatic rings. The van der Waals surface area contributed by atoms with Gasteiger partial charge in [-0.15, -0.1) is 0 Å². The molecule has 0 heterocycles. The molecular weight excluding hydrogens is 226 g/mol. The van der Waals surface area contributed by atoms with Crippen LogP contribution in [0.3, 0.4) is 0 Å². The van der Waals surface area contributed by atoms with Crippen LogP contribution in [-0.4, -0.2) is 11.0 Å². The molecule has 0 saturated carbocycles. The zero-order chi connectivity index (χ0) is 13.1. The second-order valence-electron chi connectivity index (χ2n) is 4.38. The van der Waals surface area contributed by atoms with Crippen molar-refractivity contribution in [3.8, 4) is 5.75 Å². The van der Waals surface area contributed by atoms with Gasteiger partial charge in [0.05, 0.1) is 0 Å². The number of hydrogen-bond acceptors (Lipinski definition) is 2. The van der Waals surface area contributed by atoms with Crippen LogP contribution in [0.5, 0.6) is 5.75 Å². The van der Waals surface area contributed by atoms with Gasteiger partial charge in [-0.05, 0) is 43.7 Å². The molecular formula is C15H15NO2. The maximum absolute atomic E-state index is 12.0. The Bertz CT molecular complexity index is 571. The number of hydrogen-bond donors (Lipinski definition) is 2. The molecule has 2 rings (SSSR count). The topological polar surface area (TPSA) is 49.3 Å². The maximum atomic E-state index is 12.0. The van der Waals surface area contributed by atoms with Crippen molar-refractivity contribution < 1.29 is 9.90 Å². The maximum Gasteiger partial charge on any atom is 0.255 e. The van der Waals surface area contributed by atoms with Crippen LogP contribution in [0.2, 0.25) is 0 Å². The summed E-state index contributed by atoms with van der Waals surface area (Å²) in [6, 6.07) is 12.4. The highest BCUT2D eigenvalue weighted by Gasteiger charge is 2.06. The number of nitrogens with one attached hydrogen (secondary N) is 1. The molecule has 0 fully saturated rings. The second kappa shape index (κ2) is 4.92. The quantitative estimate of drug-likeness (QED) is 0.847. The molecule has 2 aromatic carbocycles. The van der Waals surface area contributed by atoms with Gasteiger partial charge in [-0.25, -0.2) is 0 Å². The Balaban J connectivity index is 2.21. The number of phenolic OH excluding ortho intramolecular Hbond substituents is 1. The lowest BCUT2D eigenvalue weighted by Gasteiger charge is -2.07. The van der Waals surface area contributed by atoms with Crippen molar-refractivity contribution in [2.45, 2.75) is 13.8 Å². The molecule has 1 amide bonds. The molecule has 92 valence electrons. The minimum Gasteiger partial charge on any atom is -0.508 e. The molecule has 0 saturated heterocycles. The highest BCUT2D eigenvalue weighted by Crippen LogP contribution is 2.19. The van der Waals surface area contributed by atoms with Gasteiger partial charge in [0.1, 0.15) is 5.75 Å². The van der Waals surface area contributed by atoms with Crippen molar-refractivity contribution in [2.24, 2.45) is 0 Å². The number of aryl methyl sites for hydroxylation is 2. The fourth-order valence-electron chi connectivity index (χ4n) is 1.82. The van der Waals surface area contributed by atoms with Gasteiger partial charge in [-0.3, -0.25) is 4.79 Å². The summed E-state index contributed by atoms with van der Waals surface area (Å²) in [4.78, 5) is 12.0. The summed E-state index contributed by atoms with van der Waals surface area (Å²) < 4.78 is 0. The molecule has 0 aromatic heterocycles. The smallest absolute Gasteiger partial charge is 0.255 e. The molecule has 0 bridgehead atoms. The van der Waals surface area contributed by atoms with E-state index in [9.17, 15) is 9.90 Å². The van der Waals surface area contributed by atoms with E-state index in [1.54, 1.807) is 12.1 Å². The third-order valence-electron chi connectivity index (χ3n) is 2.60. The van der Waals surface area contributed by atoms with Crippen LogP contribution >= 0.6 is 0 Å². The fourth-order valence-corrected chi connectivity index (χ4v) is 1.82. The van der Waals surface area contributed by atoms with Gasteiger partial charge in [0.2, 0.25) is 0 Å². The van der Waals surface area contributed by atoms with E-state index in [4.69, 9.17) is 0 Å². The first-order valence-electron chi connectivity index (χ1n) is 5.73. The SMILES string of the molecule is Cc1cc(O)cc(NC(=O)c2cccc(C)c2)c1. The zero-order valence-corrected chi connectivity index (χ0v) is 10.4. The monoisotopic (exact) mass is 241 g/mol. The average molecular weight is 241 g/mol. The number of phenols is 1. The Morgan fingerprint density at radius 2 is 1.83 bits per heavy atom. The largest absolute Gasteiger partial charge is 0.508 e. The first-order chi connectivity index (χ1) is 8.54. The molecule has 3 nitrogen and oxygen atoms in total. The molecule has 3 heteroatoms. The summed E-state index contributed by atoms with van der Waals surface area (Å²) in [7, 11) is 0. The van der Waals surface area contributed by atoms with Crippen LogP contribution in [0.15, 0.2) is 42.5 Å². The van der Waals surface area contributed by atoms with Crippen LogP contribution in [0.25, 0.3) is 0 Å². The number of carbonyl (C=O) groups is 1. The Kier molecular flexibility index (Phi) is 3.33. The van der Waals surface area contributed by atoms with Crippen molar-refractivity contribution in [2.75, 3.05) is 5.32 Å². The second-order valence-corrected chi connectivity index (χ2v) is 4.38. The fraction of sp³-hybridized carbons (Fsp3) is 0.133. The lowest BCUT2D eigenvalue weighted by Crippen LogP contribution is -2.11. The van der Waals surface area contributed by atoms with Crippen LogP contribution in [-0.2, 0) is 0 Å². The van der Waals surface area contributed by atoms with E-state index in [1.807, 2.05) is 38.1 Å². The molecule has 18 heavy (non-hydrogen) atoms. The molecule has 0 aliphatic carbocycles. The number of benzene rings is 2. The Morgan fingerprint density at radius 3 is 2.50 bits per heavy atom. The third kappa shape index (κ3) is 2.88. The van der Waals surface area contributed by atoms with Crippen molar-refractivity contribution in [1.29, 1.82) is 0 Å². The Hall–Kier alpha value is -2.29. The number of anilines is 1. The Morgan fingerprint density at radius 1 is 1.06 bits per heavy atom. The van der Waals surface area contributed by atoms with Gasteiger partial charge in [-0.2, -0.15) is 0 Å². The summed E-state index contributed by atoms with van der Waals surface area (Å²) in [5, 5.41) is 12.2. The summed E-state index contributed by atoms with van der Waals surface area (Å²) >= 11 is 0. The van der Waals surface area contributed by atoms with Gasteiger partial charge in [0, 0.05) is 17.3 Å². The van der Waals surface area contributed by atoms with E-state index in [0.717, 1.165) is 11.1 Å². The van der Waals surface area contributed by atoms with E-state index < -0.39 is 0 Å². The lowest BCUT2D eigenvalue weighted by atomic mass is 10.1. The van der Waals surface area contributed by atoms with Crippen molar-refractivity contribution in [3.63, 3.8) is 0 Å². The molecule has 0 spiro atoms. The van der Waals surface area contributed by atoms with Crippen LogP contribution in [0.4, 0.5) is 5.69 Å². The molecule has 2 N–H and O–H groups in total.